The molecule has 3 heteroatoms. The summed E-state index contributed by atoms with van der Waals surface area (Å²) in [5.74, 6) is 0.683. The number of benzene rings is 1. The van der Waals surface area contributed by atoms with E-state index in [-0.39, 0.29) is 0 Å². The highest BCUT2D eigenvalue weighted by Crippen LogP contribution is 2.22. The summed E-state index contributed by atoms with van der Waals surface area (Å²) < 4.78 is 6.40. The van der Waals surface area contributed by atoms with Gasteiger partial charge in [-0.15, -0.1) is 0 Å². The molecule has 0 saturated carbocycles. The Bertz CT molecular complexity index is 436. The van der Waals surface area contributed by atoms with Crippen LogP contribution in [0.4, 0.5) is 0 Å². The Balaban J connectivity index is 2.39. The van der Waals surface area contributed by atoms with Gasteiger partial charge in [0.05, 0.1) is 5.69 Å². The van der Waals surface area contributed by atoms with Crippen molar-refractivity contribution in [2.45, 2.75) is 13.3 Å². The summed E-state index contributed by atoms with van der Waals surface area (Å²) in [5, 5.41) is 0. The molecule has 0 aliphatic rings. The zero-order valence-corrected chi connectivity index (χ0v) is 9.41. The quantitative estimate of drug-likeness (QED) is 0.815. The summed E-state index contributed by atoms with van der Waals surface area (Å²) in [6.45, 7) is 2.06. The normalized spacial score (nSPS) is 10.4. The number of aromatic nitrogens is 1. The fourth-order valence-corrected chi connectivity index (χ4v) is 1.62. The van der Waals surface area contributed by atoms with Crippen LogP contribution in [0.1, 0.15) is 12.6 Å². The van der Waals surface area contributed by atoms with Crippen LogP contribution in [-0.2, 0) is 6.42 Å². The molecule has 2 aromatic rings. The van der Waals surface area contributed by atoms with E-state index in [4.69, 9.17) is 4.42 Å². The first-order chi connectivity index (χ1) is 6.79. The molecule has 1 aromatic heterocycles. The lowest BCUT2D eigenvalue weighted by Gasteiger charge is -1.94. The molecule has 0 aliphatic carbocycles. The maximum absolute atomic E-state index is 5.36. The predicted octanol–water partition coefficient (Wildman–Crippen LogP) is 3.67. The minimum Gasteiger partial charge on any atom is -0.444 e. The molecule has 14 heavy (non-hydrogen) atoms. The summed E-state index contributed by atoms with van der Waals surface area (Å²) in [6, 6.07) is 7.92. The second kappa shape index (κ2) is 3.96. The smallest absolute Gasteiger partial charge is 0.226 e. The van der Waals surface area contributed by atoms with Gasteiger partial charge in [0.1, 0.15) is 6.26 Å². The van der Waals surface area contributed by atoms with E-state index in [0.717, 1.165) is 22.2 Å². The van der Waals surface area contributed by atoms with E-state index >= 15 is 0 Å². The second-order valence-electron chi connectivity index (χ2n) is 3.01. The fraction of sp³-hybridized carbons (Fsp3) is 0.182. The van der Waals surface area contributed by atoms with Crippen LogP contribution in [0, 0.1) is 0 Å². The van der Waals surface area contributed by atoms with Crippen molar-refractivity contribution >= 4 is 15.9 Å². The lowest BCUT2D eigenvalue weighted by Crippen LogP contribution is -1.80. The fourth-order valence-electron chi connectivity index (χ4n) is 1.22. The van der Waals surface area contributed by atoms with Crippen LogP contribution >= 0.6 is 15.9 Å². The van der Waals surface area contributed by atoms with E-state index in [1.807, 2.05) is 24.3 Å². The van der Waals surface area contributed by atoms with E-state index in [1.54, 1.807) is 6.26 Å². The molecule has 1 aromatic carbocycles. The average molecular weight is 252 g/mol. The molecule has 0 spiro atoms. The molecule has 0 aliphatic heterocycles. The summed E-state index contributed by atoms with van der Waals surface area (Å²) in [6.07, 6.45) is 2.60. The van der Waals surface area contributed by atoms with Gasteiger partial charge >= 0.3 is 0 Å². The van der Waals surface area contributed by atoms with Gasteiger partial charge in [0.25, 0.3) is 0 Å². The van der Waals surface area contributed by atoms with Crippen molar-refractivity contribution in [1.29, 1.82) is 0 Å². The SMILES string of the molecule is CCc1coc(-c2cccc(Br)c2)n1. The van der Waals surface area contributed by atoms with Crippen molar-refractivity contribution in [2.24, 2.45) is 0 Å². The van der Waals surface area contributed by atoms with Crippen molar-refractivity contribution < 1.29 is 4.42 Å². The summed E-state index contributed by atoms with van der Waals surface area (Å²) >= 11 is 3.41. The van der Waals surface area contributed by atoms with Crippen LogP contribution in [0.15, 0.2) is 39.4 Å². The van der Waals surface area contributed by atoms with Gasteiger partial charge < -0.3 is 4.42 Å². The van der Waals surface area contributed by atoms with E-state index in [0.29, 0.717) is 5.89 Å². The number of oxazole rings is 1. The Hall–Kier alpha value is -1.09. The minimum atomic E-state index is 0.683. The molecule has 0 unspecified atom stereocenters. The Morgan fingerprint density at radius 2 is 2.29 bits per heavy atom. The number of halogens is 1. The van der Waals surface area contributed by atoms with Crippen molar-refractivity contribution in [2.75, 3.05) is 0 Å². The molecule has 0 bridgehead atoms. The largest absolute Gasteiger partial charge is 0.444 e. The minimum absolute atomic E-state index is 0.683. The number of hydrogen-bond donors (Lipinski definition) is 0. The van der Waals surface area contributed by atoms with Crippen LogP contribution in [0.3, 0.4) is 0 Å². The molecule has 72 valence electrons. The molecule has 0 saturated heterocycles. The molecule has 2 rings (SSSR count). The monoisotopic (exact) mass is 251 g/mol. The van der Waals surface area contributed by atoms with E-state index in [9.17, 15) is 0 Å². The number of hydrogen-bond acceptors (Lipinski definition) is 2. The van der Waals surface area contributed by atoms with Gasteiger partial charge in [0, 0.05) is 10.0 Å². The second-order valence-corrected chi connectivity index (χ2v) is 3.92. The molecule has 0 radical (unpaired) electrons. The van der Waals surface area contributed by atoms with Crippen molar-refractivity contribution in [3.8, 4) is 11.5 Å². The van der Waals surface area contributed by atoms with E-state index in [1.165, 1.54) is 0 Å². The first kappa shape index (κ1) is 9.46. The van der Waals surface area contributed by atoms with E-state index in [2.05, 4.69) is 27.8 Å². The van der Waals surface area contributed by atoms with Crippen LogP contribution in [0.25, 0.3) is 11.5 Å². The molecular weight excluding hydrogens is 242 g/mol. The summed E-state index contributed by atoms with van der Waals surface area (Å²) in [4.78, 5) is 4.35. The highest BCUT2D eigenvalue weighted by molar-refractivity contribution is 9.10. The predicted molar refractivity (Wildman–Crippen MR) is 59.0 cm³/mol. The Morgan fingerprint density at radius 3 is 2.93 bits per heavy atom. The number of nitrogens with zero attached hydrogens (tertiary/aromatic N) is 1. The Labute approximate surface area is 91.1 Å². The first-order valence-electron chi connectivity index (χ1n) is 4.50. The van der Waals surface area contributed by atoms with Gasteiger partial charge in [-0.3, -0.25) is 0 Å². The third-order valence-corrected chi connectivity index (χ3v) is 2.48. The molecule has 0 atom stereocenters. The number of aryl methyl sites for hydroxylation is 1. The van der Waals surface area contributed by atoms with Crippen LogP contribution < -0.4 is 0 Å². The maximum atomic E-state index is 5.36. The van der Waals surface area contributed by atoms with Gasteiger partial charge in [-0.2, -0.15) is 0 Å². The van der Waals surface area contributed by atoms with Crippen molar-refractivity contribution in [1.82, 2.24) is 4.98 Å². The average Bonchev–Trinajstić information content (AvgIpc) is 2.66. The summed E-state index contributed by atoms with van der Waals surface area (Å²) in [5.41, 5.74) is 1.99. The molecule has 0 fully saturated rings. The number of rotatable bonds is 2. The molecule has 1 heterocycles. The highest BCUT2D eigenvalue weighted by atomic mass is 79.9. The molecular formula is C11H10BrNO. The van der Waals surface area contributed by atoms with Gasteiger partial charge in [-0.25, -0.2) is 4.98 Å². The zero-order chi connectivity index (χ0) is 9.97. The molecule has 0 amide bonds. The Kier molecular flexibility index (Phi) is 2.68. The summed E-state index contributed by atoms with van der Waals surface area (Å²) in [7, 11) is 0. The van der Waals surface area contributed by atoms with E-state index < -0.39 is 0 Å². The standard InChI is InChI=1S/C11H10BrNO/c1-2-10-7-14-11(13-10)8-4-3-5-9(12)6-8/h3-7H,2H2,1H3. The van der Waals surface area contributed by atoms with Gasteiger partial charge in [-0.05, 0) is 24.6 Å². The van der Waals surface area contributed by atoms with Crippen LogP contribution in [-0.4, -0.2) is 4.98 Å². The topological polar surface area (TPSA) is 26.0 Å². The maximum Gasteiger partial charge on any atom is 0.226 e. The van der Waals surface area contributed by atoms with Crippen molar-refractivity contribution in [3.05, 3.63) is 40.7 Å². The third kappa shape index (κ3) is 1.87. The lowest BCUT2D eigenvalue weighted by atomic mass is 10.2. The van der Waals surface area contributed by atoms with Gasteiger partial charge in [-0.1, -0.05) is 28.9 Å². The first-order valence-corrected chi connectivity index (χ1v) is 5.29. The lowest BCUT2D eigenvalue weighted by molar-refractivity contribution is 0.573. The zero-order valence-electron chi connectivity index (χ0n) is 7.83. The van der Waals surface area contributed by atoms with Crippen molar-refractivity contribution in [3.63, 3.8) is 0 Å². The van der Waals surface area contributed by atoms with Gasteiger partial charge in [0.15, 0.2) is 0 Å². The molecule has 0 N–H and O–H groups in total. The van der Waals surface area contributed by atoms with Crippen LogP contribution in [0.2, 0.25) is 0 Å². The third-order valence-electron chi connectivity index (χ3n) is 1.99. The van der Waals surface area contributed by atoms with Gasteiger partial charge in [0.2, 0.25) is 5.89 Å². The molecule has 2 nitrogen and oxygen atoms in total. The van der Waals surface area contributed by atoms with Crippen LogP contribution in [0.5, 0.6) is 0 Å². The Morgan fingerprint density at radius 1 is 1.43 bits per heavy atom. The highest BCUT2D eigenvalue weighted by Gasteiger charge is 2.05.